The van der Waals surface area contributed by atoms with Crippen LogP contribution in [0.5, 0.6) is 5.75 Å². The van der Waals surface area contributed by atoms with E-state index in [9.17, 15) is 15.1 Å². The molecule has 0 radical (unpaired) electrons. The SMILES string of the molecule is CC(=O)N(O)Cc1ccccc1-c1cc(C(C)(C)C)c(O)c(C(C)(C)C)c1. The summed E-state index contributed by atoms with van der Waals surface area (Å²) in [5.74, 6) is -0.0648. The van der Waals surface area contributed by atoms with Crippen molar-refractivity contribution in [2.75, 3.05) is 0 Å². The van der Waals surface area contributed by atoms with E-state index < -0.39 is 5.91 Å². The van der Waals surface area contributed by atoms with Gasteiger partial charge in [0.2, 0.25) is 5.91 Å². The number of phenols is 1. The molecule has 4 nitrogen and oxygen atoms in total. The topological polar surface area (TPSA) is 60.8 Å². The first-order valence-electron chi connectivity index (χ1n) is 9.25. The van der Waals surface area contributed by atoms with Crippen molar-refractivity contribution in [2.45, 2.75) is 65.8 Å². The number of rotatable bonds is 3. The van der Waals surface area contributed by atoms with Gasteiger partial charge in [-0.05, 0) is 39.7 Å². The Kier molecular flexibility index (Phi) is 5.71. The first-order valence-corrected chi connectivity index (χ1v) is 9.25. The lowest BCUT2D eigenvalue weighted by Gasteiger charge is -2.28. The highest BCUT2D eigenvalue weighted by Gasteiger charge is 2.27. The summed E-state index contributed by atoms with van der Waals surface area (Å²) in [6, 6.07) is 11.7. The predicted molar refractivity (Wildman–Crippen MR) is 109 cm³/mol. The minimum Gasteiger partial charge on any atom is -0.507 e. The third kappa shape index (κ3) is 4.69. The van der Waals surface area contributed by atoms with E-state index in [4.69, 9.17) is 0 Å². The van der Waals surface area contributed by atoms with Gasteiger partial charge in [-0.2, -0.15) is 0 Å². The Balaban J connectivity index is 2.71. The molecule has 0 spiro atoms. The van der Waals surface area contributed by atoms with Crippen molar-refractivity contribution in [2.24, 2.45) is 0 Å². The van der Waals surface area contributed by atoms with Crippen LogP contribution in [0.4, 0.5) is 0 Å². The van der Waals surface area contributed by atoms with Crippen molar-refractivity contribution < 1.29 is 15.1 Å². The molecule has 0 aliphatic heterocycles. The van der Waals surface area contributed by atoms with Crippen molar-refractivity contribution in [3.63, 3.8) is 0 Å². The summed E-state index contributed by atoms with van der Waals surface area (Å²) in [5, 5.41) is 21.5. The number of benzene rings is 2. The van der Waals surface area contributed by atoms with E-state index in [2.05, 4.69) is 41.5 Å². The highest BCUT2D eigenvalue weighted by molar-refractivity contribution is 5.74. The second kappa shape index (κ2) is 7.35. The lowest BCUT2D eigenvalue weighted by molar-refractivity contribution is -0.165. The molecule has 2 N–H and O–H groups in total. The van der Waals surface area contributed by atoms with Gasteiger partial charge in [0, 0.05) is 18.1 Å². The van der Waals surface area contributed by atoms with Gasteiger partial charge in [0.05, 0.1) is 6.54 Å². The lowest BCUT2D eigenvalue weighted by atomic mass is 9.77. The van der Waals surface area contributed by atoms with Crippen LogP contribution in [-0.4, -0.2) is 21.3 Å². The van der Waals surface area contributed by atoms with Gasteiger partial charge in [-0.1, -0.05) is 65.8 Å². The normalized spacial score (nSPS) is 12.1. The van der Waals surface area contributed by atoms with Crippen LogP contribution in [-0.2, 0) is 22.2 Å². The van der Waals surface area contributed by atoms with Crippen molar-refractivity contribution in [1.29, 1.82) is 0 Å². The van der Waals surface area contributed by atoms with E-state index in [0.717, 1.165) is 27.8 Å². The molecule has 0 saturated carbocycles. The van der Waals surface area contributed by atoms with Crippen LogP contribution < -0.4 is 0 Å². The van der Waals surface area contributed by atoms with Crippen LogP contribution in [0.1, 0.15) is 65.2 Å². The van der Waals surface area contributed by atoms with Gasteiger partial charge in [-0.15, -0.1) is 0 Å². The van der Waals surface area contributed by atoms with Crippen molar-refractivity contribution in [3.05, 3.63) is 53.1 Å². The van der Waals surface area contributed by atoms with Crippen LogP contribution in [0.2, 0.25) is 0 Å². The van der Waals surface area contributed by atoms with Crippen molar-refractivity contribution in [1.82, 2.24) is 5.06 Å². The zero-order chi connectivity index (χ0) is 20.6. The summed E-state index contributed by atoms with van der Waals surface area (Å²) in [7, 11) is 0. The molecule has 0 saturated heterocycles. The molecule has 4 heteroatoms. The molecule has 0 aliphatic rings. The summed E-state index contributed by atoms with van der Waals surface area (Å²) in [6.07, 6.45) is 0. The number of hydrogen-bond acceptors (Lipinski definition) is 3. The van der Waals surface area contributed by atoms with E-state index in [1.165, 1.54) is 6.92 Å². The average molecular weight is 370 g/mol. The first-order chi connectivity index (χ1) is 12.3. The zero-order valence-corrected chi connectivity index (χ0v) is 17.4. The number of carbonyl (C=O) groups is 1. The largest absolute Gasteiger partial charge is 0.507 e. The fraction of sp³-hybridized carbons (Fsp3) is 0.435. The summed E-state index contributed by atoms with van der Waals surface area (Å²) < 4.78 is 0. The second-order valence-corrected chi connectivity index (χ2v) is 9.15. The quantitative estimate of drug-likeness (QED) is 0.563. The maximum Gasteiger partial charge on any atom is 0.243 e. The monoisotopic (exact) mass is 369 g/mol. The summed E-state index contributed by atoms with van der Waals surface area (Å²) >= 11 is 0. The minimum absolute atomic E-state index is 0.113. The Morgan fingerprint density at radius 3 is 1.89 bits per heavy atom. The van der Waals surface area contributed by atoms with Gasteiger partial charge in [0.25, 0.3) is 0 Å². The molecule has 0 fully saturated rings. The van der Waals surface area contributed by atoms with E-state index >= 15 is 0 Å². The highest BCUT2D eigenvalue weighted by atomic mass is 16.5. The maximum absolute atomic E-state index is 11.5. The second-order valence-electron chi connectivity index (χ2n) is 9.15. The van der Waals surface area contributed by atoms with Crippen LogP contribution in [0.25, 0.3) is 11.1 Å². The Bertz CT molecular complexity index is 806. The Morgan fingerprint density at radius 1 is 0.963 bits per heavy atom. The van der Waals surface area contributed by atoms with Gasteiger partial charge >= 0.3 is 0 Å². The number of hydrogen-bond donors (Lipinski definition) is 2. The molecule has 2 aromatic rings. The molecule has 0 unspecified atom stereocenters. The van der Waals surface area contributed by atoms with E-state index in [-0.39, 0.29) is 17.4 Å². The van der Waals surface area contributed by atoms with E-state index in [1.807, 2.05) is 36.4 Å². The van der Waals surface area contributed by atoms with Gasteiger partial charge < -0.3 is 5.11 Å². The van der Waals surface area contributed by atoms with E-state index in [1.54, 1.807) is 0 Å². The molecule has 1 amide bonds. The molecule has 146 valence electrons. The van der Waals surface area contributed by atoms with Gasteiger partial charge in [0.1, 0.15) is 5.75 Å². The van der Waals surface area contributed by atoms with Crippen LogP contribution >= 0.6 is 0 Å². The van der Waals surface area contributed by atoms with Gasteiger partial charge in [-0.3, -0.25) is 10.0 Å². The number of hydroxylamine groups is 2. The molecule has 0 heterocycles. The minimum atomic E-state index is -0.402. The fourth-order valence-electron chi connectivity index (χ4n) is 3.15. The highest BCUT2D eigenvalue weighted by Crippen LogP contribution is 2.42. The molecular formula is C23H31NO3. The third-order valence-corrected chi connectivity index (χ3v) is 4.74. The molecule has 0 atom stereocenters. The number of aromatic hydroxyl groups is 1. The number of amides is 1. The van der Waals surface area contributed by atoms with Crippen LogP contribution in [0.15, 0.2) is 36.4 Å². The number of carbonyl (C=O) groups excluding carboxylic acids is 1. The molecule has 0 aromatic heterocycles. The average Bonchev–Trinajstić information content (AvgIpc) is 2.53. The lowest BCUT2D eigenvalue weighted by Crippen LogP contribution is -2.24. The molecule has 0 aliphatic carbocycles. The Labute approximate surface area is 162 Å². The van der Waals surface area contributed by atoms with Crippen LogP contribution in [0.3, 0.4) is 0 Å². The zero-order valence-electron chi connectivity index (χ0n) is 17.4. The summed E-state index contributed by atoms with van der Waals surface area (Å²) in [5.41, 5.74) is 4.07. The first kappa shape index (κ1) is 21.0. The van der Waals surface area contributed by atoms with Crippen molar-refractivity contribution >= 4 is 5.91 Å². The Hall–Kier alpha value is -2.33. The molecular weight excluding hydrogens is 338 g/mol. The summed E-state index contributed by atoms with van der Waals surface area (Å²) in [4.78, 5) is 11.5. The molecule has 2 aromatic carbocycles. The maximum atomic E-state index is 11.5. The fourth-order valence-corrected chi connectivity index (χ4v) is 3.15. The standard InChI is InChI=1S/C23H31NO3/c1-15(25)24(27)14-16-10-8-9-11-18(16)17-12-19(22(2,3)4)21(26)20(13-17)23(5,6)7/h8-13,26-27H,14H2,1-7H3. The smallest absolute Gasteiger partial charge is 0.243 e. The van der Waals surface area contributed by atoms with Gasteiger partial charge in [0.15, 0.2) is 0 Å². The van der Waals surface area contributed by atoms with E-state index in [0.29, 0.717) is 10.8 Å². The van der Waals surface area contributed by atoms with Gasteiger partial charge in [-0.25, -0.2) is 5.06 Å². The number of phenolic OH excluding ortho intramolecular Hbond substituents is 1. The molecule has 0 bridgehead atoms. The third-order valence-electron chi connectivity index (χ3n) is 4.74. The number of nitrogens with zero attached hydrogens (tertiary/aromatic N) is 1. The molecule has 27 heavy (non-hydrogen) atoms. The Morgan fingerprint density at radius 2 is 1.44 bits per heavy atom. The molecule has 2 rings (SSSR count). The predicted octanol–water partition coefficient (Wildman–Crippen LogP) is 5.39. The van der Waals surface area contributed by atoms with Crippen molar-refractivity contribution in [3.8, 4) is 16.9 Å². The van der Waals surface area contributed by atoms with Crippen LogP contribution in [0, 0.1) is 0 Å². The summed E-state index contributed by atoms with van der Waals surface area (Å²) in [6.45, 7) is 13.9.